The van der Waals surface area contributed by atoms with Gasteiger partial charge in [0.05, 0.1) is 0 Å². The van der Waals surface area contributed by atoms with Crippen molar-refractivity contribution in [3.8, 4) is 0 Å². The molecule has 0 amide bonds. The van der Waals surface area contributed by atoms with Gasteiger partial charge in [-0.05, 0) is 58.4 Å². The Labute approximate surface area is 100 Å². The van der Waals surface area contributed by atoms with E-state index in [0.29, 0.717) is 0 Å². The van der Waals surface area contributed by atoms with Gasteiger partial charge in [0.1, 0.15) is 0 Å². The first-order valence-electron chi connectivity index (χ1n) is 6.76. The molecule has 2 aliphatic rings. The Morgan fingerprint density at radius 2 is 2.19 bits per heavy atom. The van der Waals surface area contributed by atoms with Gasteiger partial charge in [-0.1, -0.05) is 6.92 Å². The van der Waals surface area contributed by atoms with Crippen molar-refractivity contribution < 1.29 is 0 Å². The zero-order valence-corrected chi connectivity index (χ0v) is 11.1. The van der Waals surface area contributed by atoms with Crippen molar-refractivity contribution in [1.29, 1.82) is 0 Å². The quantitative estimate of drug-likeness (QED) is 0.769. The second-order valence-electron chi connectivity index (χ2n) is 5.89. The van der Waals surface area contributed by atoms with E-state index in [1.165, 1.54) is 45.6 Å². The summed E-state index contributed by atoms with van der Waals surface area (Å²) >= 11 is 0. The molecule has 0 aromatic rings. The first kappa shape index (κ1) is 12.3. The fraction of sp³-hybridized carbons (Fsp3) is 1.00. The SMILES string of the molecule is C[C@@H]1CNC[C@H]1CN(C)C1CCCN(C)C1. The lowest BCUT2D eigenvalue weighted by Gasteiger charge is -2.37. The van der Waals surface area contributed by atoms with Crippen molar-refractivity contribution in [3.05, 3.63) is 0 Å². The molecule has 0 aromatic carbocycles. The Balaban J connectivity index is 1.80. The number of likely N-dealkylation sites (tertiary alicyclic amines) is 1. The Kier molecular flexibility index (Phi) is 4.22. The molecule has 2 rings (SSSR count). The molecule has 2 heterocycles. The van der Waals surface area contributed by atoms with Gasteiger partial charge in [-0.2, -0.15) is 0 Å². The van der Waals surface area contributed by atoms with Crippen molar-refractivity contribution in [3.63, 3.8) is 0 Å². The van der Waals surface area contributed by atoms with Gasteiger partial charge >= 0.3 is 0 Å². The minimum Gasteiger partial charge on any atom is -0.316 e. The van der Waals surface area contributed by atoms with E-state index in [1.807, 2.05) is 0 Å². The fourth-order valence-corrected chi connectivity index (χ4v) is 3.13. The highest BCUT2D eigenvalue weighted by Gasteiger charge is 2.27. The lowest BCUT2D eigenvalue weighted by Crippen LogP contribution is -2.46. The van der Waals surface area contributed by atoms with Crippen LogP contribution in [0.2, 0.25) is 0 Å². The van der Waals surface area contributed by atoms with Gasteiger partial charge in [-0.3, -0.25) is 0 Å². The number of rotatable bonds is 3. The summed E-state index contributed by atoms with van der Waals surface area (Å²) in [6.45, 7) is 8.62. The largest absolute Gasteiger partial charge is 0.316 e. The van der Waals surface area contributed by atoms with Crippen LogP contribution in [-0.4, -0.2) is 62.7 Å². The molecule has 16 heavy (non-hydrogen) atoms. The summed E-state index contributed by atoms with van der Waals surface area (Å²) in [5, 5.41) is 3.50. The Hall–Kier alpha value is -0.120. The van der Waals surface area contributed by atoms with Crippen LogP contribution in [0.5, 0.6) is 0 Å². The Morgan fingerprint density at radius 3 is 2.81 bits per heavy atom. The second kappa shape index (κ2) is 5.48. The molecule has 0 bridgehead atoms. The minimum absolute atomic E-state index is 0.784. The normalized spacial score (nSPS) is 37.1. The number of nitrogens with one attached hydrogen (secondary N) is 1. The van der Waals surface area contributed by atoms with Crippen LogP contribution >= 0.6 is 0 Å². The number of hydrogen-bond acceptors (Lipinski definition) is 3. The first-order valence-corrected chi connectivity index (χ1v) is 6.76. The molecular formula is C13H27N3. The van der Waals surface area contributed by atoms with E-state index in [2.05, 4.69) is 36.1 Å². The molecule has 2 fully saturated rings. The average molecular weight is 225 g/mol. The van der Waals surface area contributed by atoms with Gasteiger partial charge in [0, 0.05) is 19.1 Å². The molecule has 3 heteroatoms. The lowest BCUT2D eigenvalue weighted by atomic mass is 9.96. The number of piperidine rings is 1. The van der Waals surface area contributed by atoms with Gasteiger partial charge in [0.25, 0.3) is 0 Å². The van der Waals surface area contributed by atoms with Crippen LogP contribution in [-0.2, 0) is 0 Å². The molecule has 0 saturated carbocycles. The van der Waals surface area contributed by atoms with Gasteiger partial charge in [0.2, 0.25) is 0 Å². The Morgan fingerprint density at radius 1 is 1.38 bits per heavy atom. The maximum absolute atomic E-state index is 3.50. The van der Waals surface area contributed by atoms with Gasteiger partial charge in [-0.15, -0.1) is 0 Å². The van der Waals surface area contributed by atoms with E-state index < -0.39 is 0 Å². The van der Waals surface area contributed by atoms with Crippen LogP contribution in [0.4, 0.5) is 0 Å². The van der Waals surface area contributed by atoms with Crippen LogP contribution in [0.1, 0.15) is 19.8 Å². The molecule has 2 aliphatic heterocycles. The molecule has 1 unspecified atom stereocenters. The zero-order valence-electron chi connectivity index (χ0n) is 11.1. The molecule has 2 saturated heterocycles. The van der Waals surface area contributed by atoms with E-state index in [-0.39, 0.29) is 0 Å². The van der Waals surface area contributed by atoms with Crippen LogP contribution in [0.15, 0.2) is 0 Å². The van der Waals surface area contributed by atoms with Crippen molar-refractivity contribution in [1.82, 2.24) is 15.1 Å². The van der Waals surface area contributed by atoms with Crippen LogP contribution in [0, 0.1) is 11.8 Å². The second-order valence-corrected chi connectivity index (χ2v) is 5.89. The van der Waals surface area contributed by atoms with Gasteiger partial charge < -0.3 is 15.1 Å². The third-order valence-corrected chi connectivity index (χ3v) is 4.42. The highest BCUT2D eigenvalue weighted by atomic mass is 15.2. The van der Waals surface area contributed by atoms with Crippen LogP contribution in [0.3, 0.4) is 0 Å². The van der Waals surface area contributed by atoms with Crippen molar-refractivity contribution >= 4 is 0 Å². The predicted molar refractivity (Wildman–Crippen MR) is 68.7 cm³/mol. The molecule has 1 N–H and O–H groups in total. The molecule has 0 aromatic heterocycles. The third kappa shape index (κ3) is 2.96. The van der Waals surface area contributed by atoms with Gasteiger partial charge in [0.15, 0.2) is 0 Å². The predicted octanol–water partition coefficient (Wildman–Crippen LogP) is 0.868. The lowest BCUT2D eigenvalue weighted by molar-refractivity contribution is 0.117. The molecule has 94 valence electrons. The van der Waals surface area contributed by atoms with Crippen molar-refractivity contribution in [2.45, 2.75) is 25.8 Å². The molecule has 3 atom stereocenters. The molecular weight excluding hydrogens is 198 g/mol. The monoisotopic (exact) mass is 225 g/mol. The Bertz CT molecular complexity index is 219. The van der Waals surface area contributed by atoms with Gasteiger partial charge in [-0.25, -0.2) is 0 Å². The summed E-state index contributed by atoms with van der Waals surface area (Å²) < 4.78 is 0. The smallest absolute Gasteiger partial charge is 0.0220 e. The molecule has 0 radical (unpaired) electrons. The fourth-order valence-electron chi connectivity index (χ4n) is 3.13. The summed E-state index contributed by atoms with van der Waals surface area (Å²) in [4.78, 5) is 5.07. The molecule has 0 spiro atoms. The summed E-state index contributed by atoms with van der Waals surface area (Å²) in [5.41, 5.74) is 0. The van der Waals surface area contributed by atoms with E-state index in [0.717, 1.165) is 17.9 Å². The topological polar surface area (TPSA) is 18.5 Å². The summed E-state index contributed by atoms with van der Waals surface area (Å²) in [6.07, 6.45) is 2.75. The highest BCUT2D eigenvalue weighted by Crippen LogP contribution is 2.20. The van der Waals surface area contributed by atoms with E-state index in [9.17, 15) is 0 Å². The summed E-state index contributed by atoms with van der Waals surface area (Å²) in [6, 6.07) is 0.784. The number of likely N-dealkylation sites (N-methyl/N-ethyl adjacent to an activating group) is 2. The number of hydrogen-bond donors (Lipinski definition) is 1. The third-order valence-electron chi connectivity index (χ3n) is 4.42. The van der Waals surface area contributed by atoms with E-state index >= 15 is 0 Å². The minimum atomic E-state index is 0.784. The van der Waals surface area contributed by atoms with E-state index in [4.69, 9.17) is 0 Å². The van der Waals surface area contributed by atoms with Crippen LogP contribution < -0.4 is 5.32 Å². The van der Waals surface area contributed by atoms with Crippen molar-refractivity contribution in [2.75, 3.05) is 46.8 Å². The highest BCUT2D eigenvalue weighted by molar-refractivity contribution is 4.84. The summed E-state index contributed by atoms with van der Waals surface area (Å²) in [5.74, 6) is 1.71. The summed E-state index contributed by atoms with van der Waals surface area (Å²) in [7, 11) is 4.56. The zero-order chi connectivity index (χ0) is 11.5. The molecule has 0 aliphatic carbocycles. The van der Waals surface area contributed by atoms with E-state index in [1.54, 1.807) is 0 Å². The van der Waals surface area contributed by atoms with Crippen LogP contribution in [0.25, 0.3) is 0 Å². The maximum atomic E-state index is 3.50. The standard InChI is InChI=1S/C13H27N3/c1-11-7-14-8-12(11)9-16(3)13-5-4-6-15(2)10-13/h11-14H,4-10H2,1-3H3/t11-,12+,13?/m1/s1. The molecule has 3 nitrogen and oxygen atoms in total. The maximum Gasteiger partial charge on any atom is 0.0220 e. The number of nitrogens with zero attached hydrogens (tertiary/aromatic N) is 2. The van der Waals surface area contributed by atoms with Crippen molar-refractivity contribution in [2.24, 2.45) is 11.8 Å². The average Bonchev–Trinajstić information content (AvgIpc) is 2.64. The first-order chi connectivity index (χ1) is 7.66.